The second-order valence-corrected chi connectivity index (χ2v) is 6.84. The van der Waals surface area contributed by atoms with Crippen LogP contribution in [0.15, 0.2) is 71.8 Å². The lowest BCUT2D eigenvalue weighted by Crippen LogP contribution is -2.20. The highest BCUT2D eigenvalue weighted by molar-refractivity contribution is 6.32. The van der Waals surface area contributed by atoms with Crippen molar-refractivity contribution in [3.63, 3.8) is 0 Å². The number of benzene rings is 3. The van der Waals surface area contributed by atoms with E-state index in [0.717, 1.165) is 0 Å². The van der Waals surface area contributed by atoms with Gasteiger partial charge in [0, 0.05) is 5.56 Å². The second-order valence-electron chi connectivity index (χ2n) is 6.43. The van der Waals surface area contributed by atoms with Crippen LogP contribution in [0, 0.1) is 5.82 Å². The van der Waals surface area contributed by atoms with Gasteiger partial charge in [-0.2, -0.15) is 5.10 Å². The highest BCUT2D eigenvalue weighted by Gasteiger charge is 2.09. The first-order valence-electron chi connectivity index (χ1n) is 9.40. The van der Waals surface area contributed by atoms with Gasteiger partial charge in [-0.1, -0.05) is 23.7 Å². The van der Waals surface area contributed by atoms with Crippen LogP contribution in [0.2, 0.25) is 5.02 Å². The monoisotopic (exact) mass is 455 g/mol. The molecule has 3 rings (SSSR count). The molecule has 0 saturated heterocycles. The van der Waals surface area contributed by atoms with Crippen LogP contribution in [-0.2, 0) is 4.79 Å². The largest absolute Gasteiger partial charge is 0.497 e. The number of methoxy groups -OCH3 is 1. The Labute approximate surface area is 188 Å². The number of hydrogen-bond donors (Lipinski definition) is 2. The van der Waals surface area contributed by atoms with E-state index in [1.54, 1.807) is 55.6 Å². The van der Waals surface area contributed by atoms with Gasteiger partial charge in [-0.15, -0.1) is 0 Å². The Hall–Kier alpha value is -3.91. The summed E-state index contributed by atoms with van der Waals surface area (Å²) in [5.74, 6) is -0.531. The fourth-order valence-electron chi connectivity index (χ4n) is 2.58. The van der Waals surface area contributed by atoms with E-state index in [9.17, 15) is 14.0 Å². The maximum absolute atomic E-state index is 13.6. The molecule has 0 bridgehead atoms. The summed E-state index contributed by atoms with van der Waals surface area (Å²) in [5, 5.41) is 6.57. The van der Waals surface area contributed by atoms with Crippen LogP contribution in [0.1, 0.15) is 15.9 Å². The average molecular weight is 456 g/mol. The van der Waals surface area contributed by atoms with E-state index >= 15 is 0 Å². The van der Waals surface area contributed by atoms with Crippen LogP contribution in [0.5, 0.6) is 11.5 Å². The summed E-state index contributed by atoms with van der Waals surface area (Å²) < 4.78 is 24.0. The molecule has 3 aromatic rings. The van der Waals surface area contributed by atoms with E-state index in [4.69, 9.17) is 21.1 Å². The molecule has 0 unspecified atom stereocenters. The van der Waals surface area contributed by atoms with E-state index < -0.39 is 11.7 Å². The first-order valence-corrected chi connectivity index (χ1v) is 9.78. The number of halogens is 2. The summed E-state index contributed by atoms with van der Waals surface area (Å²) in [7, 11) is 1.54. The smallest absolute Gasteiger partial charge is 0.271 e. The fraction of sp³-hybridized carbons (Fsp3) is 0.0870. The van der Waals surface area contributed by atoms with Crippen molar-refractivity contribution in [3.8, 4) is 11.5 Å². The minimum Gasteiger partial charge on any atom is -0.497 e. The average Bonchev–Trinajstić information content (AvgIpc) is 2.80. The SMILES string of the molecule is COc1ccc(C(=O)N/N=C\c2ccc(OCC(=O)Nc3ccccc3F)c(Cl)c2)cc1. The molecule has 164 valence electrons. The first kappa shape index (κ1) is 22.8. The zero-order valence-corrected chi connectivity index (χ0v) is 17.7. The van der Waals surface area contributed by atoms with Crippen molar-refractivity contribution in [2.45, 2.75) is 0 Å². The van der Waals surface area contributed by atoms with Gasteiger partial charge in [-0.3, -0.25) is 9.59 Å². The quantitative estimate of drug-likeness (QED) is 0.392. The minimum atomic E-state index is -0.540. The number of rotatable bonds is 8. The molecule has 0 saturated carbocycles. The van der Waals surface area contributed by atoms with Crippen molar-refractivity contribution < 1.29 is 23.5 Å². The molecule has 0 heterocycles. The molecule has 3 aromatic carbocycles. The van der Waals surface area contributed by atoms with Gasteiger partial charge in [-0.25, -0.2) is 9.82 Å². The van der Waals surface area contributed by atoms with Gasteiger partial charge in [0.2, 0.25) is 0 Å². The number of carbonyl (C=O) groups excluding carboxylic acids is 2. The van der Waals surface area contributed by atoms with Crippen molar-refractivity contribution in [2.24, 2.45) is 5.10 Å². The van der Waals surface area contributed by atoms with Crippen molar-refractivity contribution in [2.75, 3.05) is 19.0 Å². The molecule has 7 nitrogen and oxygen atoms in total. The Kier molecular flexibility index (Phi) is 7.77. The molecule has 0 fully saturated rings. The predicted molar refractivity (Wildman–Crippen MR) is 120 cm³/mol. The van der Waals surface area contributed by atoms with E-state index in [1.807, 2.05) is 0 Å². The third-order valence-electron chi connectivity index (χ3n) is 4.19. The highest BCUT2D eigenvalue weighted by Crippen LogP contribution is 2.25. The topological polar surface area (TPSA) is 89.0 Å². The van der Waals surface area contributed by atoms with E-state index in [1.165, 1.54) is 24.4 Å². The Morgan fingerprint density at radius 1 is 1.09 bits per heavy atom. The molecular formula is C23H19ClFN3O4. The summed E-state index contributed by atoms with van der Waals surface area (Å²) in [6.45, 7) is -0.348. The molecule has 2 N–H and O–H groups in total. The maximum Gasteiger partial charge on any atom is 0.271 e. The van der Waals surface area contributed by atoms with Crippen molar-refractivity contribution >= 4 is 35.3 Å². The number of anilines is 1. The number of amides is 2. The Morgan fingerprint density at radius 2 is 1.84 bits per heavy atom. The predicted octanol–water partition coefficient (Wildman–Crippen LogP) is 4.27. The molecule has 0 aromatic heterocycles. The number of hydrogen-bond acceptors (Lipinski definition) is 5. The summed E-state index contributed by atoms with van der Waals surface area (Å²) in [5.41, 5.74) is 3.52. The van der Waals surface area contributed by atoms with Crippen LogP contribution in [0.4, 0.5) is 10.1 Å². The van der Waals surface area contributed by atoms with Gasteiger partial charge in [0.25, 0.3) is 11.8 Å². The zero-order valence-electron chi connectivity index (χ0n) is 17.0. The molecule has 32 heavy (non-hydrogen) atoms. The molecule has 0 radical (unpaired) electrons. The molecule has 0 aliphatic rings. The number of nitrogens with one attached hydrogen (secondary N) is 2. The summed E-state index contributed by atoms with van der Waals surface area (Å²) in [4.78, 5) is 24.0. The number of para-hydroxylation sites is 1. The molecule has 0 aliphatic heterocycles. The Bertz CT molecular complexity index is 1140. The number of hydrazone groups is 1. The highest BCUT2D eigenvalue weighted by atomic mass is 35.5. The summed E-state index contributed by atoms with van der Waals surface area (Å²) in [6.07, 6.45) is 1.42. The van der Waals surface area contributed by atoms with Crippen LogP contribution in [0.25, 0.3) is 0 Å². The van der Waals surface area contributed by atoms with Crippen LogP contribution in [-0.4, -0.2) is 31.7 Å². The van der Waals surface area contributed by atoms with Gasteiger partial charge in [0.05, 0.1) is 24.0 Å². The third-order valence-corrected chi connectivity index (χ3v) is 4.49. The van der Waals surface area contributed by atoms with E-state index in [2.05, 4.69) is 15.8 Å². The van der Waals surface area contributed by atoms with Gasteiger partial charge in [0.15, 0.2) is 6.61 Å². The number of nitrogens with zero attached hydrogens (tertiary/aromatic N) is 1. The van der Waals surface area contributed by atoms with Crippen LogP contribution in [0.3, 0.4) is 0 Å². The van der Waals surface area contributed by atoms with Crippen molar-refractivity contribution in [3.05, 3.63) is 88.7 Å². The summed E-state index contributed by atoms with van der Waals surface area (Å²) >= 11 is 6.19. The van der Waals surface area contributed by atoms with Crippen molar-refractivity contribution in [1.29, 1.82) is 0 Å². The van der Waals surface area contributed by atoms with Crippen molar-refractivity contribution in [1.82, 2.24) is 5.43 Å². The minimum absolute atomic E-state index is 0.0652. The van der Waals surface area contributed by atoms with Gasteiger partial charge >= 0.3 is 0 Å². The van der Waals surface area contributed by atoms with E-state index in [0.29, 0.717) is 16.9 Å². The van der Waals surface area contributed by atoms with Gasteiger partial charge in [-0.05, 0) is 60.2 Å². The molecule has 9 heteroatoms. The molecule has 0 spiro atoms. The first-order chi connectivity index (χ1) is 15.5. The standard InChI is InChI=1S/C23H19ClFN3O4/c1-31-17-9-7-16(8-10-17)23(30)28-26-13-15-6-11-21(18(24)12-15)32-14-22(29)27-20-5-3-2-4-19(20)25/h2-13H,14H2,1H3,(H,27,29)(H,28,30)/b26-13-. The fourth-order valence-corrected chi connectivity index (χ4v) is 2.82. The molecular weight excluding hydrogens is 437 g/mol. The van der Waals surface area contributed by atoms with Gasteiger partial charge in [0.1, 0.15) is 17.3 Å². The van der Waals surface area contributed by atoms with E-state index in [-0.39, 0.29) is 29.0 Å². The van der Waals surface area contributed by atoms with Gasteiger partial charge < -0.3 is 14.8 Å². The number of carbonyl (C=O) groups is 2. The molecule has 0 atom stereocenters. The Balaban J connectivity index is 1.52. The summed E-state index contributed by atoms with van der Waals surface area (Å²) in [6, 6.07) is 17.2. The lowest BCUT2D eigenvalue weighted by Gasteiger charge is -2.09. The normalized spacial score (nSPS) is 10.6. The molecule has 0 aliphatic carbocycles. The molecule has 2 amide bonds. The Morgan fingerprint density at radius 3 is 2.53 bits per heavy atom. The zero-order chi connectivity index (χ0) is 22.9. The second kappa shape index (κ2) is 10.9. The lowest BCUT2D eigenvalue weighted by atomic mass is 10.2. The number of ether oxygens (including phenoxy) is 2. The lowest BCUT2D eigenvalue weighted by molar-refractivity contribution is -0.118. The third kappa shape index (κ3) is 6.29. The van der Waals surface area contributed by atoms with Crippen LogP contribution >= 0.6 is 11.6 Å². The maximum atomic E-state index is 13.6. The van der Waals surface area contributed by atoms with Crippen LogP contribution < -0.4 is 20.2 Å².